The molecule has 0 unspecified atom stereocenters. The van der Waals surface area contributed by atoms with Crippen LogP contribution in [0.5, 0.6) is 11.6 Å². The Labute approximate surface area is 143 Å². The van der Waals surface area contributed by atoms with E-state index in [1.54, 1.807) is 17.1 Å². The minimum absolute atomic E-state index is 0.546. The largest absolute Gasteiger partial charge is 0.437 e. The Morgan fingerprint density at radius 2 is 2.12 bits per heavy atom. The second-order valence-corrected chi connectivity index (χ2v) is 6.89. The normalized spacial score (nSPS) is 16.7. The highest BCUT2D eigenvalue weighted by Crippen LogP contribution is 2.32. The first-order valence-electron chi connectivity index (χ1n) is 8.48. The molecule has 0 atom stereocenters. The standard InChI is InChI=1S/C18H26N4O2/c1-14-16(12-21(2)13-18(23)8-4-5-9-18)17(22(3)20-14)24-15-7-6-10-19-11-15/h6-7,10-11,23H,4-5,8-9,12-13H2,1-3H3. The van der Waals surface area contributed by atoms with Crippen molar-refractivity contribution in [3.05, 3.63) is 35.8 Å². The summed E-state index contributed by atoms with van der Waals surface area (Å²) in [5, 5.41) is 15.1. The van der Waals surface area contributed by atoms with Gasteiger partial charge in [-0.3, -0.25) is 9.88 Å². The van der Waals surface area contributed by atoms with E-state index < -0.39 is 5.60 Å². The molecule has 0 radical (unpaired) electrons. The van der Waals surface area contributed by atoms with Gasteiger partial charge in [-0.2, -0.15) is 5.10 Å². The lowest BCUT2D eigenvalue weighted by Crippen LogP contribution is -2.38. The van der Waals surface area contributed by atoms with Gasteiger partial charge in [0.05, 0.1) is 23.1 Å². The molecule has 1 N–H and O–H groups in total. The molecule has 2 heterocycles. The van der Waals surface area contributed by atoms with Crippen LogP contribution in [0.2, 0.25) is 0 Å². The van der Waals surface area contributed by atoms with Crippen LogP contribution in [0, 0.1) is 6.92 Å². The van der Waals surface area contributed by atoms with Gasteiger partial charge in [-0.1, -0.05) is 12.8 Å². The number of ether oxygens (including phenoxy) is 1. The lowest BCUT2D eigenvalue weighted by atomic mass is 10.0. The predicted molar refractivity (Wildman–Crippen MR) is 92.0 cm³/mol. The molecule has 6 nitrogen and oxygen atoms in total. The third-order valence-corrected chi connectivity index (χ3v) is 4.66. The summed E-state index contributed by atoms with van der Waals surface area (Å²) in [6.07, 6.45) is 7.43. The molecule has 0 saturated heterocycles. The minimum Gasteiger partial charge on any atom is -0.437 e. The summed E-state index contributed by atoms with van der Waals surface area (Å²) in [6, 6.07) is 3.73. The van der Waals surface area contributed by atoms with Gasteiger partial charge in [0.1, 0.15) is 5.75 Å². The van der Waals surface area contributed by atoms with E-state index in [1.165, 1.54) is 0 Å². The fourth-order valence-electron chi connectivity index (χ4n) is 3.53. The van der Waals surface area contributed by atoms with Crippen molar-refractivity contribution in [2.45, 2.75) is 44.8 Å². The number of hydrogen-bond acceptors (Lipinski definition) is 5. The van der Waals surface area contributed by atoms with Gasteiger partial charge < -0.3 is 9.84 Å². The van der Waals surface area contributed by atoms with Crippen molar-refractivity contribution in [2.24, 2.45) is 7.05 Å². The molecule has 0 aromatic carbocycles. The van der Waals surface area contributed by atoms with Crippen LogP contribution >= 0.6 is 0 Å². The quantitative estimate of drug-likeness (QED) is 0.882. The minimum atomic E-state index is -0.546. The van der Waals surface area contributed by atoms with E-state index in [2.05, 4.69) is 15.0 Å². The third-order valence-electron chi connectivity index (χ3n) is 4.66. The smallest absolute Gasteiger partial charge is 0.222 e. The van der Waals surface area contributed by atoms with E-state index >= 15 is 0 Å². The van der Waals surface area contributed by atoms with Crippen molar-refractivity contribution in [1.29, 1.82) is 0 Å². The van der Waals surface area contributed by atoms with Crippen molar-refractivity contribution in [1.82, 2.24) is 19.7 Å². The van der Waals surface area contributed by atoms with Gasteiger partial charge in [0.15, 0.2) is 0 Å². The number of rotatable bonds is 6. The molecule has 0 bridgehead atoms. The monoisotopic (exact) mass is 330 g/mol. The summed E-state index contributed by atoms with van der Waals surface area (Å²) in [5.41, 5.74) is 1.45. The molecule has 1 aliphatic carbocycles. The van der Waals surface area contributed by atoms with Gasteiger partial charge >= 0.3 is 0 Å². The molecule has 130 valence electrons. The van der Waals surface area contributed by atoms with Crippen molar-refractivity contribution in [3.63, 3.8) is 0 Å². The van der Waals surface area contributed by atoms with E-state index in [0.717, 1.165) is 42.8 Å². The Morgan fingerprint density at radius 1 is 1.38 bits per heavy atom. The average Bonchev–Trinajstić information content (AvgIpc) is 3.07. The van der Waals surface area contributed by atoms with Gasteiger partial charge in [-0.15, -0.1) is 0 Å². The first-order chi connectivity index (χ1) is 11.5. The molecule has 6 heteroatoms. The molecule has 0 spiro atoms. The van der Waals surface area contributed by atoms with E-state index in [-0.39, 0.29) is 0 Å². The Hall–Kier alpha value is -1.92. The second kappa shape index (κ2) is 6.91. The fraction of sp³-hybridized carbons (Fsp3) is 0.556. The maximum atomic E-state index is 10.6. The van der Waals surface area contributed by atoms with Crippen molar-refractivity contribution in [2.75, 3.05) is 13.6 Å². The summed E-state index contributed by atoms with van der Waals surface area (Å²) in [5.74, 6) is 1.42. The van der Waals surface area contributed by atoms with Crippen LogP contribution < -0.4 is 4.74 Å². The lowest BCUT2D eigenvalue weighted by molar-refractivity contribution is 0.0143. The lowest BCUT2D eigenvalue weighted by Gasteiger charge is -2.28. The Morgan fingerprint density at radius 3 is 2.79 bits per heavy atom. The number of pyridine rings is 1. The van der Waals surface area contributed by atoms with Crippen LogP contribution in [-0.4, -0.2) is 44.0 Å². The molecule has 1 fully saturated rings. The first-order valence-corrected chi connectivity index (χ1v) is 8.48. The fourth-order valence-corrected chi connectivity index (χ4v) is 3.53. The molecule has 2 aromatic rings. The number of nitrogens with zero attached hydrogens (tertiary/aromatic N) is 4. The van der Waals surface area contributed by atoms with Crippen LogP contribution in [0.25, 0.3) is 0 Å². The number of aryl methyl sites for hydroxylation is 2. The molecule has 0 amide bonds. The highest BCUT2D eigenvalue weighted by molar-refractivity contribution is 5.34. The highest BCUT2D eigenvalue weighted by Gasteiger charge is 2.32. The van der Waals surface area contributed by atoms with Crippen molar-refractivity contribution in [3.8, 4) is 11.6 Å². The molecule has 3 rings (SSSR count). The van der Waals surface area contributed by atoms with E-state index in [0.29, 0.717) is 18.8 Å². The van der Waals surface area contributed by atoms with Crippen LogP contribution in [0.3, 0.4) is 0 Å². The highest BCUT2D eigenvalue weighted by atomic mass is 16.5. The van der Waals surface area contributed by atoms with Gasteiger partial charge in [0, 0.05) is 26.3 Å². The van der Waals surface area contributed by atoms with Gasteiger partial charge in [-0.05, 0) is 38.9 Å². The topological polar surface area (TPSA) is 63.4 Å². The zero-order valence-electron chi connectivity index (χ0n) is 14.7. The molecular weight excluding hydrogens is 304 g/mol. The van der Waals surface area contributed by atoms with E-state index in [1.807, 2.05) is 33.2 Å². The first kappa shape index (κ1) is 16.9. The second-order valence-electron chi connectivity index (χ2n) is 6.89. The molecular formula is C18H26N4O2. The van der Waals surface area contributed by atoms with Crippen LogP contribution in [0.15, 0.2) is 24.5 Å². The van der Waals surface area contributed by atoms with Gasteiger partial charge in [0.2, 0.25) is 5.88 Å². The van der Waals surface area contributed by atoms with E-state index in [4.69, 9.17) is 4.74 Å². The summed E-state index contributed by atoms with van der Waals surface area (Å²) in [4.78, 5) is 6.25. The maximum absolute atomic E-state index is 10.6. The molecule has 0 aliphatic heterocycles. The Bertz CT molecular complexity index is 678. The molecule has 1 aliphatic rings. The molecule has 2 aromatic heterocycles. The SMILES string of the molecule is Cc1nn(C)c(Oc2cccnc2)c1CN(C)CC1(O)CCCC1. The van der Waals surface area contributed by atoms with Crippen LogP contribution in [0.1, 0.15) is 36.9 Å². The number of aliphatic hydroxyl groups is 1. The number of hydrogen-bond donors (Lipinski definition) is 1. The summed E-state index contributed by atoms with van der Waals surface area (Å²) in [7, 11) is 3.92. The molecule has 24 heavy (non-hydrogen) atoms. The summed E-state index contributed by atoms with van der Waals surface area (Å²) < 4.78 is 7.77. The zero-order chi connectivity index (χ0) is 17.2. The van der Waals surface area contributed by atoms with Gasteiger partial charge in [0.25, 0.3) is 0 Å². The van der Waals surface area contributed by atoms with Crippen LogP contribution in [0.4, 0.5) is 0 Å². The number of likely N-dealkylation sites (N-methyl/N-ethyl adjacent to an activating group) is 1. The predicted octanol–water partition coefficient (Wildman–Crippen LogP) is 2.65. The summed E-state index contributed by atoms with van der Waals surface area (Å²) >= 11 is 0. The Balaban J connectivity index is 1.75. The number of aromatic nitrogens is 3. The Kier molecular flexibility index (Phi) is 4.87. The van der Waals surface area contributed by atoms with Gasteiger partial charge in [-0.25, -0.2) is 4.68 Å². The summed E-state index contributed by atoms with van der Waals surface area (Å²) in [6.45, 7) is 3.36. The third kappa shape index (κ3) is 3.76. The van der Waals surface area contributed by atoms with Crippen LogP contribution in [-0.2, 0) is 13.6 Å². The zero-order valence-corrected chi connectivity index (χ0v) is 14.7. The average molecular weight is 330 g/mol. The van der Waals surface area contributed by atoms with Crippen molar-refractivity contribution >= 4 is 0 Å². The maximum Gasteiger partial charge on any atom is 0.222 e. The van der Waals surface area contributed by atoms with E-state index in [9.17, 15) is 5.11 Å². The van der Waals surface area contributed by atoms with Crippen molar-refractivity contribution < 1.29 is 9.84 Å². The molecule has 1 saturated carbocycles.